The molecule has 11 nitrogen and oxygen atoms in total. The van der Waals surface area contributed by atoms with Crippen molar-refractivity contribution in [3.05, 3.63) is 70.4 Å². The number of likely N-dealkylation sites (tertiary alicyclic amines) is 1. The van der Waals surface area contributed by atoms with Crippen LogP contribution in [0.15, 0.2) is 46.9 Å². The number of hydrogen-bond donors (Lipinski definition) is 0. The third-order valence-electron chi connectivity index (χ3n) is 7.29. The Bertz CT molecular complexity index is 1420. The van der Waals surface area contributed by atoms with Crippen LogP contribution in [0.1, 0.15) is 53.9 Å². The number of piperidine rings is 1. The van der Waals surface area contributed by atoms with Crippen LogP contribution in [0.25, 0.3) is 0 Å². The van der Waals surface area contributed by atoms with Crippen LogP contribution in [-0.2, 0) is 33.8 Å². The Labute approximate surface area is 249 Å². The molecule has 0 atom stereocenters. The summed E-state index contributed by atoms with van der Waals surface area (Å²) in [5.41, 5.74) is 1.61. The molecule has 1 saturated heterocycles. The molecule has 5 rings (SSSR count). The Morgan fingerprint density at radius 3 is 2.60 bits per heavy atom. The molecule has 2 amide bonds. The van der Waals surface area contributed by atoms with Gasteiger partial charge in [-0.15, -0.1) is 10.2 Å². The van der Waals surface area contributed by atoms with E-state index >= 15 is 0 Å². The number of halogens is 1. The molecule has 0 aliphatic carbocycles. The molecular formula is C30H34ClN5O6. The average molecular weight is 596 g/mol. The molecule has 2 aromatic carbocycles. The Hall–Kier alpha value is -3.96. The number of anilines is 1. The minimum atomic E-state index is -0.507. The topological polar surface area (TPSA) is 118 Å². The highest BCUT2D eigenvalue weighted by molar-refractivity contribution is 6.34. The van der Waals surface area contributed by atoms with Crippen LogP contribution < -0.4 is 9.64 Å². The molecule has 0 unspecified atom stereocenters. The van der Waals surface area contributed by atoms with E-state index in [1.807, 2.05) is 18.2 Å². The van der Waals surface area contributed by atoms with E-state index in [4.69, 9.17) is 25.5 Å². The minimum absolute atomic E-state index is 0.135. The van der Waals surface area contributed by atoms with Gasteiger partial charge in [-0.2, -0.15) is 0 Å². The summed E-state index contributed by atoms with van der Waals surface area (Å²) in [5.74, 6) is 0.0239. The number of carbonyl (C=O) groups is 3. The average Bonchev–Trinajstić information content (AvgIpc) is 3.39. The maximum Gasteiger partial charge on any atom is 0.344 e. The number of benzene rings is 2. The molecule has 0 N–H and O–H groups in total. The third-order valence-corrected chi connectivity index (χ3v) is 7.61. The normalized spacial score (nSPS) is 15.7. The number of esters is 1. The fourth-order valence-electron chi connectivity index (χ4n) is 5.15. The van der Waals surface area contributed by atoms with E-state index in [9.17, 15) is 14.4 Å². The Morgan fingerprint density at radius 1 is 1.02 bits per heavy atom. The quantitative estimate of drug-likeness (QED) is 0.322. The lowest BCUT2D eigenvalue weighted by molar-refractivity contribution is -0.145. The van der Waals surface area contributed by atoms with Crippen LogP contribution in [0, 0.1) is 0 Å². The van der Waals surface area contributed by atoms with Gasteiger partial charge < -0.3 is 23.7 Å². The van der Waals surface area contributed by atoms with E-state index in [1.54, 1.807) is 24.0 Å². The summed E-state index contributed by atoms with van der Waals surface area (Å²) < 4.78 is 16.2. The lowest BCUT2D eigenvalue weighted by atomic mass is 10.1. The van der Waals surface area contributed by atoms with E-state index in [0.717, 1.165) is 25.2 Å². The maximum atomic E-state index is 13.7. The second-order valence-electron chi connectivity index (χ2n) is 10.2. The molecule has 222 valence electrons. The summed E-state index contributed by atoms with van der Waals surface area (Å²) in [7, 11) is 0. The number of nitrogens with zero attached hydrogens (tertiary/aromatic N) is 5. The van der Waals surface area contributed by atoms with Crippen LogP contribution in [0.3, 0.4) is 0 Å². The molecular weight excluding hydrogens is 562 g/mol. The molecule has 42 heavy (non-hydrogen) atoms. The van der Waals surface area contributed by atoms with Crippen LogP contribution >= 0.6 is 11.6 Å². The second-order valence-corrected chi connectivity index (χ2v) is 10.7. The van der Waals surface area contributed by atoms with Crippen molar-refractivity contribution >= 4 is 35.1 Å². The van der Waals surface area contributed by atoms with Crippen molar-refractivity contribution in [3.63, 3.8) is 0 Å². The van der Waals surface area contributed by atoms with Gasteiger partial charge in [-0.3, -0.25) is 14.5 Å². The highest BCUT2D eigenvalue weighted by atomic mass is 35.5. The fourth-order valence-corrected chi connectivity index (χ4v) is 5.40. The molecule has 0 spiro atoms. The van der Waals surface area contributed by atoms with Crippen molar-refractivity contribution in [3.8, 4) is 5.75 Å². The van der Waals surface area contributed by atoms with Gasteiger partial charge in [0, 0.05) is 25.2 Å². The van der Waals surface area contributed by atoms with Gasteiger partial charge in [-0.1, -0.05) is 36.2 Å². The van der Waals surface area contributed by atoms with Gasteiger partial charge in [0.15, 0.2) is 6.61 Å². The first kappa shape index (κ1) is 29.5. The van der Waals surface area contributed by atoms with Gasteiger partial charge in [0.2, 0.25) is 17.7 Å². The highest BCUT2D eigenvalue weighted by Gasteiger charge is 2.31. The van der Waals surface area contributed by atoms with E-state index in [0.29, 0.717) is 29.6 Å². The summed E-state index contributed by atoms with van der Waals surface area (Å²) in [6.45, 7) is 4.96. The van der Waals surface area contributed by atoms with Gasteiger partial charge in [-0.05, 0) is 62.7 Å². The molecule has 0 saturated carbocycles. The van der Waals surface area contributed by atoms with E-state index in [2.05, 4.69) is 15.1 Å². The zero-order valence-corrected chi connectivity index (χ0v) is 24.3. The fraction of sp³-hybridized carbons (Fsp3) is 0.433. The first-order valence-corrected chi connectivity index (χ1v) is 14.6. The lowest BCUT2D eigenvalue weighted by Gasteiger charge is -2.25. The number of para-hydroxylation sites is 1. The van der Waals surface area contributed by atoms with Gasteiger partial charge in [0.05, 0.1) is 23.7 Å². The van der Waals surface area contributed by atoms with Gasteiger partial charge in [0.25, 0.3) is 5.91 Å². The Morgan fingerprint density at radius 2 is 1.81 bits per heavy atom. The van der Waals surface area contributed by atoms with Crippen LogP contribution in [0.4, 0.5) is 5.69 Å². The van der Waals surface area contributed by atoms with Crippen molar-refractivity contribution in [1.29, 1.82) is 0 Å². The van der Waals surface area contributed by atoms with Gasteiger partial charge >= 0.3 is 5.97 Å². The molecule has 1 fully saturated rings. The van der Waals surface area contributed by atoms with Crippen LogP contribution in [0.2, 0.25) is 5.02 Å². The number of amides is 2. The summed E-state index contributed by atoms with van der Waals surface area (Å²) in [4.78, 5) is 44.2. The number of ether oxygens (including phenoxy) is 2. The number of fused-ring (bicyclic) bond motifs is 1. The van der Waals surface area contributed by atoms with Crippen LogP contribution in [0.5, 0.6) is 5.75 Å². The largest absolute Gasteiger partial charge is 0.482 e. The Balaban J connectivity index is 1.27. The summed E-state index contributed by atoms with van der Waals surface area (Å²) in [6.07, 6.45) is 4.38. The molecule has 3 heterocycles. The summed E-state index contributed by atoms with van der Waals surface area (Å²) in [5, 5.41) is 8.51. The molecule has 0 radical (unpaired) electrons. The van der Waals surface area contributed by atoms with Crippen molar-refractivity contribution in [2.45, 2.75) is 45.7 Å². The number of aromatic nitrogens is 2. The van der Waals surface area contributed by atoms with Gasteiger partial charge in [-0.25, -0.2) is 4.79 Å². The predicted octanol–water partition coefficient (Wildman–Crippen LogP) is 3.88. The zero-order valence-electron chi connectivity index (χ0n) is 23.6. The van der Waals surface area contributed by atoms with Crippen molar-refractivity contribution in [1.82, 2.24) is 20.0 Å². The van der Waals surface area contributed by atoms with Crippen molar-refractivity contribution in [2.24, 2.45) is 0 Å². The smallest absolute Gasteiger partial charge is 0.344 e. The van der Waals surface area contributed by atoms with Gasteiger partial charge in [0.1, 0.15) is 12.3 Å². The van der Waals surface area contributed by atoms with E-state index < -0.39 is 11.9 Å². The molecule has 2 aliphatic heterocycles. The molecule has 2 aliphatic rings. The third kappa shape index (κ3) is 7.27. The van der Waals surface area contributed by atoms with Crippen LogP contribution in [-0.4, -0.2) is 77.2 Å². The zero-order chi connectivity index (χ0) is 29.5. The second kappa shape index (κ2) is 13.8. The lowest BCUT2D eigenvalue weighted by Crippen LogP contribution is -2.40. The summed E-state index contributed by atoms with van der Waals surface area (Å²) in [6, 6.07) is 11.9. The van der Waals surface area contributed by atoms with E-state index in [1.165, 1.54) is 36.3 Å². The van der Waals surface area contributed by atoms with Crippen molar-refractivity contribution < 1.29 is 28.3 Å². The molecule has 3 aromatic rings. The first-order valence-electron chi connectivity index (χ1n) is 14.2. The standard InChI is InChI=1S/C30H34ClN5O6/c1-2-40-29(38)20-41-22-10-11-23(24(31)16-22)30(39)36-19-28(37)35(17-21-8-4-5-9-25(21)36)18-27-33-32-26(42-27)12-15-34-13-6-3-7-14-34/h4-5,8-11,16H,2-3,6-7,12-15,17-20H2,1H3. The predicted molar refractivity (Wildman–Crippen MR) is 154 cm³/mol. The molecule has 0 bridgehead atoms. The molecule has 1 aromatic heterocycles. The van der Waals surface area contributed by atoms with E-state index in [-0.39, 0.29) is 49.3 Å². The number of hydrogen-bond acceptors (Lipinski definition) is 9. The van der Waals surface area contributed by atoms with Crippen molar-refractivity contribution in [2.75, 3.05) is 44.3 Å². The minimum Gasteiger partial charge on any atom is -0.482 e. The first-order chi connectivity index (χ1) is 20.4. The molecule has 12 heteroatoms. The number of carbonyl (C=O) groups excluding carboxylic acids is 3. The Kier molecular flexibility index (Phi) is 9.70. The highest BCUT2D eigenvalue weighted by Crippen LogP contribution is 2.30. The monoisotopic (exact) mass is 595 g/mol. The number of rotatable bonds is 10. The maximum absolute atomic E-state index is 13.7. The SMILES string of the molecule is CCOC(=O)COc1ccc(C(=O)N2CC(=O)N(Cc3nnc(CCN4CCCCC4)o3)Cc3ccccc32)c(Cl)c1. The summed E-state index contributed by atoms with van der Waals surface area (Å²) >= 11 is 6.47.